The minimum Gasteiger partial charge on any atom is -0.497 e. The zero-order valence-electron chi connectivity index (χ0n) is 18.4. The molecule has 1 fully saturated rings. The van der Waals surface area contributed by atoms with E-state index >= 15 is 0 Å². The van der Waals surface area contributed by atoms with Gasteiger partial charge in [-0.25, -0.2) is 13.2 Å². The number of hydrogen-bond acceptors (Lipinski definition) is 7. The molecule has 9 heteroatoms. The molecule has 0 saturated carbocycles. The Balaban J connectivity index is 1.76. The van der Waals surface area contributed by atoms with Crippen molar-refractivity contribution in [3.63, 3.8) is 0 Å². The van der Waals surface area contributed by atoms with E-state index < -0.39 is 28.4 Å². The second-order valence-electron chi connectivity index (χ2n) is 7.51. The first-order valence-electron chi connectivity index (χ1n) is 10.3. The van der Waals surface area contributed by atoms with Crippen molar-refractivity contribution >= 4 is 21.8 Å². The van der Waals surface area contributed by atoms with Crippen molar-refractivity contribution in [3.05, 3.63) is 53.1 Å². The van der Waals surface area contributed by atoms with Crippen LogP contribution < -0.4 is 9.47 Å². The van der Waals surface area contributed by atoms with Gasteiger partial charge in [0.1, 0.15) is 11.5 Å². The summed E-state index contributed by atoms with van der Waals surface area (Å²) in [5.74, 6) is -0.457. The van der Waals surface area contributed by atoms with E-state index in [-0.39, 0.29) is 16.0 Å². The maximum atomic E-state index is 13.1. The van der Waals surface area contributed by atoms with Crippen molar-refractivity contribution in [2.75, 3.05) is 33.9 Å². The number of ketones is 1. The first kappa shape index (κ1) is 23.7. The number of benzene rings is 2. The summed E-state index contributed by atoms with van der Waals surface area (Å²) in [5, 5.41) is 0. The number of esters is 1. The molecule has 0 bridgehead atoms. The van der Waals surface area contributed by atoms with E-state index in [1.54, 1.807) is 25.1 Å². The fourth-order valence-corrected chi connectivity index (χ4v) is 5.34. The Hall–Kier alpha value is -2.91. The number of carbonyl (C=O) groups is 2. The van der Waals surface area contributed by atoms with Crippen LogP contribution in [0.4, 0.5) is 0 Å². The average Bonchev–Trinajstić information content (AvgIpc) is 2.82. The highest BCUT2D eigenvalue weighted by Gasteiger charge is 2.28. The third-order valence-corrected chi connectivity index (χ3v) is 7.44. The van der Waals surface area contributed by atoms with Gasteiger partial charge in [-0.3, -0.25) is 4.79 Å². The first-order chi connectivity index (χ1) is 15.3. The SMILES string of the molecule is COc1ccc(OC)c(C(=O)COC(=O)c2ccc(C)c(S(=O)(=O)N3CCCCC3)c2)c1. The molecule has 8 nitrogen and oxygen atoms in total. The lowest BCUT2D eigenvalue weighted by Gasteiger charge is -2.26. The second-order valence-corrected chi connectivity index (χ2v) is 9.42. The lowest BCUT2D eigenvalue weighted by Crippen LogP contribution is -2.36. The number of sulfonamides is 1. The van der Waals surface area contributed by atoms with Gasteiger partial charge in [0.15, 0.2) is 6.61 Å². The van der Waals surface area contributed by atoms with E-state index in [0.717, 1.165) is 19.3 Å². The van der Waals surface area contributed by atoms with Crippen LogP contribution in [0.15, 0.2) is 41.3 Å². The van der Waals surface area contributed by atoms with Crippen molar-refractivity contribution in [1.29, 1.82) is 0 Å². The molecule has 0 atom stereocenters. The van der Waals surface area contributed by atoms with Gasteiger partial charge in [0.2, 0.25) is 15.8 Å². The van der Waals surface area contributed by atoms with E-state index in [2.05, 4.69) is 0 Å². The summed E-state index contributed by atoms with van der Waals surface area (Å²) in [4.78, 5) is 25.3. The van der Waals surface area contributed by atoms with Gasteiger partial charge in [-0.1, -0.05) is 12.5 Å². The molecule has 1 heterocycles. The molecule has 172 valence electrons. The van der Waals surface area contributed by atoms with Gasteiger partial charge >= 0.3 is 5.97 Å². The first-order valence-corrected chi connectivity index (χ1v) is 11.7. The van der Waals surface area contributed by atoms with Crippen LogP contribution in [0.3, 0.4) is 0 Å². The second kappa shape index (κ2) is 10.1. The van der Waals surface area contributed by atoms with Crippen LogP contribution in [-0.4, -0.2) is 58.4 Å². The third kappa shape index (κ3) is 5.11. The van der Waals surface area contributed by atoms with Crippen LogP contribution in [0.25, 0.3) is 0 Å². The Labute approximate surface area is 188 Å². The normalized spacial score (nSPS) is 14.6. The minimum atomic E-state index is -3.71. The summed E-state index contributed by atoms with van der Waals surface area (Å²) in [6.45, 7) is 2.09. The quantitative estimate of drug-likeness (QED) is 0.440. The topological polar surface area (TPSA) is 99.2 Å². The molecule has 1 saturated heterocycles. The largest absolute Gasteiger partial charge is 0.497 e. The van der Waals surface area contributed by atoms with Gasteiger partial charge in [-0.2, -0.15) is 4.31 Å². The molecule has 32 heavy (non-hydrogen) atoms. The van der Waals surface area contributed by atoms with Crippen molar-refractivity contribution in [2.24, 2.45) is 0 Å². The number of rotatable bonds is 8. The Kier molecular flexibility index (Phi) is 7.52. The molecule has 0 aromatic heterocycles. The van der Waals surface area contributed by atoms with E-state index in [0.29, 0.717) is 30.2 Å². The van der Waals surface area contributed by atoms with Crippen molar-refractivity contribution in [3.8, 4) is 11.5 Å². The number of carbonyl (C=O) groups excluding carboxylic acids is 2. The van der Waals surface area contributed by atoms with Crippen LogP contribution in [0, 0.1) is 6.92 Å². The van der Waals surface area contributed by atoms with Crippen LogP contribution in [0.2, 0.25) is 0 Å². The summed E-state index contributed by atoms with van der Waals surface area (Å²) in [6.07, 6.45) is 2.63. The number of Topliss-reactive ketones (excluding diaryl/α,β-unsaturated/α-hetero) is 1. The fourth-order valence-electron chi connectivity index (χ4n) is 3.57. The number of ether oxygens (including phenoxy) is 3. The Bertz CT molecular complexity index is 1110. The molecule has 2 aromatic rings. The molecule has 0 radical (unpaired) electrons. The number of methoxy groups -OCH3 is 2. The van der Waals surface area contributed by atoms with Gasteiger partial charge in [-0.15, -0.1) is 0 Å². The van der Waals surface area contributed by atoms with E-state index in [1.165, 1.54) is 36.7 Å². The molecule has 1 aliphatic heterocycles. The lowest BCUT2D eigenvalue weighted by molar-refractivity contribution is 0.0473. The molecule has 0 N–H and O–H groups in total. The summed E-state index contributed by atoms with van der Waals surface area (Å²) in [7, 11) is -0.805. The smallest absolute Gasteiger partial charge is 0.338 e. The standard InChI is InChI=1S/C23H27NO7S/c1-16-7-8-17(13-22(16)32(27,28)24-11-5-4-6-12-24)23(26)31-15-20(25)19-14-18(29-2)9-10-21(19)30-3/h7-10,13-14H,4-6,11-12,15H2,1-3H3. The van der Waals surface area contributed by atoms with Gasteiger partial charge in [-0.05, 0) is 55.7 Å². The summed E-state index contributed by atoms with van der Waals surface area (Å²) in [6, 6.07) is 9.12. The van der Waals surface area contributed by atoms with Gasteiger partial charge in [0.25, 0.3) is 0 Å². The maximum absolute atomic E-state index is 13.1. The minimum absolute atomic E-state index is 0.0663. The zero-order valence-corrected chi connectivity index (χ0v) is 19.2. The third-order valence-electron chi connectivity index (χ3n) is 5.40. The predicted molar refractivity (Wildman–Crippen MR) is 118 cm³/mol. The summed E-state index contributed by atoms with van der Waals surface area (Å²) in [5.41, 5.74) is 0.831. The number of piperidine rings is 1. The Morgan fingerprint density at radius 3 is 2.34 bits per heavy atom. The molecule has 1 aliphatic rings. The molecular weight excluding hydrogens is 434 g/mol. The predicted octanol–water partition coefficient (Wildman–Crippen LogP) is 3.23. The van der Waals surface area contributed by atoms with Crippen LogP contribution in [-0.2, 0) is 14.8 Å². The Morgan fingerprint density at radius 1 is 0.969 bits per heavy atom. The van der Waals surface area contributed by atoms with Crippen molar-refractivity contribution < 1.29 is 32.2 Å². The molecule has 3 rings (SSSR count). The molecule has 0 aliphatic carbocycles. The Morgan fingerprint density at radius 2 is 1.69 bits per heavy atom. The van der Waals surface area contributed by atoms with Crippen molar-refractivity contribution in [2.45, 2.75) is 31.1 Å². The summed E-state index contributed by atoms with van der Waals surface area (Å²) < 4.78 is 43.1. The van der Waals surface area contributed by atoms with Crippen molar-refractivity contribution in [1.82, 2.24) is 4.31 Å². The van der Waals surface area contributed by atoms with Crippen LogP contribution in [0.5, 0.6) is 11.5 Å². The zero-order chi connectivity index (χ0) is 23.3. The van der Waals surface area contributed by atoms with Gasteiger partial charge in [0.05, 0.1) is 30.2 Å². The van der Waals surface area contributed by atoms with E-state index in [4.69, 9.17) is 14.2 Å². The number of nitrogens with zero attached hydrogens (tertiary/aromatic N) is 1. The highest BCUT2D eigenvalue weighted by atomic mass is 32.2. The van der Waals surface area contributed by atoms with E-state index in [9.17, 15) is 18.0 Å². The average molecular weight is 462 g/mol. The molecular formula is C23H27NO7S. The molecule has 0 unspecified atom stereocenters. The fraction of sp³-hybridized carbons (Fsp3) is 0.391. The van der Waals surface area contributed by atoms with Crippen LogP contribution >= 0.6 is 0 Å². The number of aryl methyl sites for hydroxylation is 1. The number of hydrogen-bond donors (Lipinski definition) is 0. The molecule has 0 amide bonds. The summed E-state index contributed by atoms with van der Waals surface area (Å²) >= 11 is 0. The molecule has 0 spiro atoms. The molecule has 2 aromatic carbocycles. The van der Waals surface area contributed by atoms with Crippen LogP contribution in [0.1, 0.15) is 45.5 Å². The monoisotopic (exact) mass is 461 g/mol. The van der Waals surface area contributed by atoms with E-state index in [1.807, 2.05) is 0 Å². The highest BCUT2D eigenvalue weighted by molar-refractivity contribution is 7.89. The lowest BCUT2D eigenvalue weighted by atomic mass is 10.1. The van der Waals surface area contributed by atoms with Gasteiger partial charge in [0, 0.05) is 13.1 Å². The van der Waals surface area contributed by atoms with Gasteiger partial charge < -0.3 is 14.2 Å². The highest BCUT2D eigenvalue weighted by Crippen LogP contribution is 2.26. The maximum Gasteiger partial charge on any atom is 0.338 e.